The van der Waals surface area contributed by atoms with E-state index < -0.39 is 16.9 Å². The minimum atomic E-state index is -0.777. The number of nitro benzene ring substituents is 1. The number of carbonyl (C=O) groups is 2. The lowest BCUT2D eigenvalue weighted by atomic mass is 10.1. The molecule has 0 aromatic heterocycles. The Hall–Kier alpha value is -2.93. The predicted octanol–water partition coefficient (Wildman–Crippen LogP) is 2.73. The Morgan fingerprint density at radius 2 is 1.92 bits per heavy atom. The van der Waals surface area contributed by atoms with E-state index in [1.165, 1.54) is 24.3 Å². The summed E-state index contributed by atoms with van der Waals surface area (Å²) in [5.41, 5.74) is 0.931. The maximum atomic E-state index is 12.1. The molecule has 0 bridgehead atoms. The topological polar surface area (TPSA) is 101 Å². The van der Waals surface area contributed by atoms with Crippen LogP contribution in [0.5, 0.6) is 0 Å². The van der Waals surface area contributed by atoms with Gasteiger partial charge in [-0.05, 0) is 37.1 Å². The van der Waals surface area contributed by atoms with E-state index in [1.807, 2.05) is 18.2 Å². The van der Waals surface area contributed by atoms with Crippen molar-refractivity contribution < 1.29 is 14.5 Å². The van der Waals surface area contributed by atoms with E-state index in [0.717, 1.165) is 5.56 Å². The lowest BCUT2D eigenvalue weighted by Gasteiger charge is -2.14. The van der Waals surface area contributed by atoms with Crippen LogP contribution in [0.15, 0.2) is 48.5 Å². The van der Waals surface area contributed by atoms with Crippen LogP contribution in [-0.4, -0.2) is 29.3 Å². The fourth-order valence-electron chi connectivity index (χ4n) is 2.28. The van der Waals surface area contributed by atoms with E-state index in [9.17, 15) is 19.7 Å². The molecule has 2 rings (SSSR count). The minimum Gasteiger partial charge on any atom is -0.354 e. The number of nitrogens with zero attached hydrogens (tertiary/aromatic N) is 1. The van der Waals surface area contributed by atoms with E-state index >= 15 is 0 Å². The molecule has 0 aliphatic carbocycles. The second-order valence-electron chi connectivity index (χ2n) is 5.67. The Bertz CT molecular complexity index is 826. The fourth-order valence-corrected chi connectivity index (χ4v) is 2.49. The van der Waals surface area contributed by atoms with Gasteiger partial charge in [0.05, 0.1) is 4.92 Å². The van der Waals surface area contributed by atoms with Crippen LogP contribution in [0, 0.1) is 10.1 Å². The highest BCUT2D eigenvalue weighted by Gasteiger charge is 2.17. The molecule has 1 unspecified atom stereocenters. The molecule has 0 radical (unpaired) electrons. The third-order valence-corrected chi connectivity index (χ3v) is 3.90. The zero-order valence-corrected chi connectivity index (χ0v) is 14.8. The highest BCUT2D eigenvalue weighted by molar-refractivity contribution is 6.30. The van der Waals surface area contributed by atoms with Crippen molar-refractivity contribution in [3.8, 4) is 0 Å². The fraction of sp³-hybridized carbons (Fsp3) is 0.222. The summed E-state index contributed by atoms with van der Waals surface area (Å²) < 4.78 is 0. The number of amides is 2. The smallest absolute Gasteiger partial charge is 0.270 e. The van der Waals surface area contributed by atoms with Gasteiger partial charge in [-0.15, -0.1) is 0 Å². The van der Waals surface area contributed by atoms with Gasteiger partial charge in [-0.2, -0.15) is 0 Å². The Balaban J connectivity index is 1.85. The maximum Gasteiger partial charge on any atom is 0.270 e. The molecule has 26 heavy (non-hydrogen) atoms. The van der Waals surface area contributed by atoms with E-state index in [-0.39, 0.29) is 17.2 Å². The molecule has 0 heterocycles. The molecule has 2 N–H and O–H groups in total. The molecule has 136 valence electrons. The predicted molar refractivity (Wildman–Crippen MR) is 98.2 cm³/mol. The van der Waals surface area contributed by atoms with E-state index in [0.29, 0.717) is 18.0 Å². The normalized spacial score (nSPS) is 11.5. The van der Waals surface area contributed by atoms with Crippen LogP contribution < -0.4 is 10.6 Å². The van der Waals surface area contributed by atoms with Crippen molar-refractivity contribution in [1.29, 1.82) is 0 Å². The molecule has 2 aromatic carbocycles. The summed E-state index contributed by atoms with van der Waals surface area (Å²) in [5.74, 6) is -0.892. The molecular formula is C18H18ClN3O4. The molecule has 0 spiro atoms. The number of halogens is 1. The summed E-state index contributed by atoms with van der Waals surface area (Å²) in [6, 6.07) is 11.9. The number of rotatable bonds is 7. The van der Waals surface area contributed by atoms with Gasteiger partial charge in [-0.1, -0.05) is 29.8 Å². The van der Waals surface area contributed by atoms with Crippen molar-refractivity contribution in [3.05, 3.63) is 74.8 Å². The first-order valence-electron chi connectivity index (χ1n) is 7.94. The average molecular weight is 376 g/mol. The Kier molecular flexibility index (Phi) is 6.68. The minimum absolute atomic E-state index is 0.123. The first-order chi connectivity index (χ1) is 12.4. The van der Waals surface area contributed by atoms with Gasteiger partial charge in [0, 0.05) is 29.3 Å². The zero-order chi connectivity index (χ0) is 19.1. The zero-order valence-electron chi connectivity index (χ0n) is 14.1. The average Bonchev–Trinajstić information content (AvgIpc) is 2.61. The highest BCUT2D eigenvalue weighted by atomic mass is 35.5. The number of carbonyl (C=O) groups excluding carboxylic acids is 2. The number of nitrogens with one attached hydrogen (secondary N) is 2. The SMILES string of the molecule is CC(NC(=O)c1cccc([N+](=O)[O-])c1)C(=O)NCCc1cccc(Cl)c1. The van der Waals surface area contributed by atoms with Gasteiger partial charge >= 0.3 is 0 Å². The number of benzene rings is 2. The third kappa shape index (κ3) is 5.56. The summed E-state index contributed by atoms with van der Waals surface area (Å²) in [6.07, 6.45) is 0.609. The van der Waals surface area contributed by atoms with E-state index in [4.69, 9.17) is 11.6 Å². The quantitative estimate of drug-likeness (QED) is 0.573. The molecule has 7 nitrogen and oxygen atoms in total. The molecule has 1 atom stereocenters. The van der Waals surface area contributed by atoms with Crippen molar-refractivity contribution >= 4 is 29.1 Å². The lowest BCUT2D eigenvalue weighted by molar-refractivity contribution is -0.384. The van der Waals surface area contributed by atoms with Crippen molar-refractivity contribution in [2.24, 2.45) is 0 Å². The van der Waals surface area contributed by atoms with E-state index in [1.54, 1.807) is 13.0 Å². The van der Waals surface area contributed by atoms with Crippen LogP contribution in [0.3, 0.4) is 0 Å². The van der Waals surface area contributed by atoms with Gasteiger partial charge in [0.2, 0.25) is 5.91 Å². The Morgan fingerprint density at radius 3 is 2.62 bits per heavy atom. The molecule has 0 aliphatic heterocycles. The van der Waals surface area contributed by atoms with Gasteiger partial charge in [0.25, 0.3) is 11.6 Å². The number of hydrogen-bond donors (Lipinski definition) is 2. The Labute approximate surface area is 155 Å². The largest absolute Gasteiger partial charge is 0.354 e. The van der Waals surface area contributed by atoms with Crippen LogP contribution in [-0.2, 0) is 11.2 Å². The van der Waals surface area contributed by atoms with Crippen LogP contribution in [0.2, 0.25) is 5.02 Å². The van der Waals surface area contributed by atoms with Crippen LogP contribution >= 0.6 is 11.6 Å². The van der Waals surface area contributed by atoms with Gasteiger partial charge < -0.3 is 10.6 Å². The summed E-state index contributed by atoms with van der Waals surface area (Å²) >= 11 is 5.91. The first-order valence-corrected chi connectivity index (χ1v) is 8.32. The lowest BCUT2D eigenvalue weighted by Crippen LogP contribution is -2.45. The molecule has 2 amide bonds. The van der Waals surface area contributed by atoms with Crippen molar-refractivity contribution in [3.63, 3.8) is 0 Å². The van der Waals surface area contributed by atoms with Crippen LogP contribution in [0.1, 0.15) is 22.8 Å². The standard InChI is InChI=1S/C18H18ClN3O4/c1-12(17(23)20-9-8-13-4-2-6-15(19)10-13)21-18(24)14-5-3-7-16(11-14)22(25)26/h2-7,10-12H,8-9H2,1H3,(H,20,23)(H,21,24). The van der Waals surface area contributed by atoms with Crippen LogP contribution in [0.25, 0.3) is 0 Å². The second-order valence-corrected chi connectivity index (χ2v) is 6.11. The second kappa shape index (κ2) is 8.96. The van der Waals surface area contributed by atoms with Crippen LogP contribution in [0.4, 0.5) is 5.69 Å². The van der Waals surface area contributed by atoms with Crippen molar-refractivity contribution in [2.45, 2.75) is 19.4 Å². The van der Waals surface area contributed by atoms with Gasteiger partial charge in [0.15, 0.2) is 0 Å². The molecule has 0 aliphatic rings. The molecule has 0 fully saturated rings. The first kappa shape index (κ1) is 19.4. The Morgan fingerprint density at radius 1 is 1.19 bits per heavy atom. The molecule has 0 saturated heterocycles. The maximum absolute atomic E-state index is 12.1. The number of hydrogen-bond acceptors (Lipinski definition) is 4. The van der Waals surface area contributed by atoms with E-state index in [2.05, 4.69) is 10.6 Å². The number of non-ortho nitro benzene ring substituents is 1. The summed E-state index contributed by atoms with van der Waals surface area (Å²) in [4.78, 5) is 34.4. The number of nitro groups is 1. The molecule has 0 saturated carbocycles. The molecular weight excluding hydrogens is 358 g/mol. The molecule has 2 aromatic rings. The van der Waals surface area contributed by atoms with Gasteiger partial charge in [-0.25, -0.2) is 0 Å². The van der Waals surface area contributed by atoms with Crippen molar-refractivity contribution in [2.75, 3.05) is 6.54 Å². The highest BCUT2D eigenvalue weighted by Crippen LogP contribution is 2.13. The molecule has 8 heteroatoms. The summed E-state index contributed by atoms with van der Waals surface area (Å²) in [5, 5.41) is 16.7. The van der Waals surface area contributed by atoms with Gasteiger partial charge in [0.1, 0.15) is 6.04 Å². The third-order valence-electron chi connectivity index (χ3n) is 3.66. The van der Waals surface area contributed by atoms with Crippen molar-refractivity contribution in [1.82, 2.24) is 10.6 Å². The summed E-state index contributed by atoms with van der Waals surface area (Å²) in [6.45, 7) is 1.94. The summed E-state index contributed by atoms with van der Waals surface area (Å²) in [7, 11) is 0. The van der Waals surface area contributed by atoms with Gasteiger partial charge in [-0.3, -0.25) is 19.7 Å². The monoisotopic (exact) mass is 375 g/mol.